The second kappa shape index (κ2) is 14.3. The summed E-state index contributed by atoms with van der Waals surface area (Å²) < 4.78 is 28.2. The van der Waals surface area contributed by atoms with Crippen molar-refractivity contribution in [1.29, 1.82) is 0 Å². The fourth-order valence-corrected chi connectivity index (χ4v) is 5.09. The molecule has 0 saturated heterocycles. The topological polar surface area (TPSA) is 157 Å². The molecule has 4 rings (SSSR count). The van der Waals surface area contributed by atoms with Crippen LogP contribution in [-0.4, -0.2) is 39.0 Å². The number of nitrogens with one attached hydrogen (secondary N) is 3. The number of rotatable bonds is 11. The molecule has 0 aliphatic carbocycles. The fraction of sp³-hybridized carbons (Fsp3) is 0.0645. The summed E-state index contributed by atoms with van der Waals surface area (Å²) in [4.78, 5) is 39.4. The van der Waals surface area contributed by atoms with E-state index in [9.17, 15) is 22.8 Å². The van der Waals surface area contributed by atoms with Crippen molar-refractivity contribution in [2.24, 2.45) is 5.14 Å². The quantitative estimate of drug-likeness (QED) is 0.143. The van der Waals surface area contributed by atoms with Gasteiger partial charge < -0.3 is 20.7 Å². The SMILES string of the molecule is COc1ccccc1/C=C(/NC(=O)c1ccccc1)C(=O)Nc1cccc(SCC(=O)Nc2ccc(S(N)(=O)=O)cc2)c1. The smallest absolute Gasteiger partial charge is 0.272 e. The van der Waals surface area contributed by atoms with Crippen LogP contribution < -0.4 is 25.8 Å². The van der Waals surface area contributed by atoms with E-state index in [2.05, 4.69) is 16.0 Å². The number of para-hydroxylation sites is 1. The van der Waals surface area contributed by atoms with Crippen LogP contribution in [0.3, 0.4) is 0 Å². The van der Waals surface area contributed by atoms with Gasteiger partial charge in [-0.25, -0.2) is 13.6 Å². The largest absolute Gasteiger partial charge is 0.496 e. The molecule has 0 aliphatic rings. The monoisotopic (exact) mass is 616 g/mol. The zero-order valence-electron chi connectivity index (χ0n) is 22.9. The highest BCUT2D eigenvalue weighted by atomic mass is 32.2. The maximum absolute atomic E-state index is 13.4. The summed E-state index contributed by atoms with van der Waals surface area (Å²) in [5, 5.41) is 13.3. The predicted octanol–water partition coefficient (Wildman–Crippen LogP) is 4.48. The highest BCUT2D eigenvalue weighted by Gasteiger charge is 2.16. The molecule has 0 spiro atoms. The molecule has 0 aliphatic heterocycles. The molecule has 0 aromatic heterocycles. The number of carbonyl (C=O) groups is 3. The summed E-state index contributed by atoms with van der Waals surface area (Å²) in [6.07, 6.45) is 1.54. The standard InChI is InChI=1S/C31H28N4O6S2/c1-41-28-13-6-5-10-22(28)18-27(35-30(37)21-8-3-2-4-9-21)31(38)34-24-11-7-12-25(19-24)42-20-29(36)33-23-14-16-26(17-15-23)43(32,39)40/h2-19H,20H2,1H3,(H,33,36)(H,34,38)(H,35,37)(H2,32,39,40)/b27-18+. The molecule has 12 heteroatoms. The van der Waals surface area contributed by atoms with Gasteiger partial charge in [-0.2, -0.15) is 0 Å². The van der Waals surface area contributed by atoms with Crippen molar-refractivity contribution in [2.45, 2.75) is 9.79 Å². The molecule has 0 fully saturated rings. The van der Waals surface area contributed by atoms with E-state index >= 15 is 0 Å². The van der Waals surface area contributed by atoms with E-state index in [0.717, 1.165) is 0 Å². The van der Waals surface area contributed by atoms with Gasteiger partial charge in [-0.05, 0) is 66.7 Å². The molecule has 10 nitrogen and oxygen atoms in total. The third-order valence-electron chi connectivity index (χ3n) is 5.90. The number of thioether (sulfide) groups is 1. The Bertz CT molecular complexity index is 1760. The van der Waals surface area contributed by atoms with Crippen molar-refractivity contribution in [2.75, 3.05) is 23.5 Å². The summed E-state index contributed by atoms with van der Waals surface area (Å²) >= 11 is 1.24. The zero-order chi connectivity index (χ0) is 30.8. The van der Waals surface area contributed by atoms with Gasteiger partial charge in [0.2, 0.25) is 15.9 Å². The molecule has 0 heterocycles. The number of primary sulfonamides is 1. The number of benzene rings is 4. The molecule has 4 aromatic rings. The maximum Gasteiger partial charge on any atom is 0.272 e. The lowest BCUT2D eigenvalue weighted by Crippen LogP contribution is -2.30. The number of amides is 3. The van der Waals surface area contributed by atoms with Crippen LogP contribution >= 0.6 is 11.8 Å². The summed E-state index contributed by atoms with van der Waals surface area (Å²) in [5.41, 5.74) is 1.86. The number of sulfonamides is 1. The Morgan fingerprint density at radius 2 is 1.53 bits per heavy atom. The van der Waals surface area contributed by atoms with Crippen molar-refractivity contribution >= 4 is 57.0 Å². The van der Waals surface area contributed by atoms with Crippen molar-refractivity contribution < 1.29 is 27.5 Å². The van der Waals surface area contributed by atoms with E-state index in [1.54, 1.807) is 78.9 Å². The number of ether oxygens (including phenoxy) is 1. The Balaban J connectivity index is 1.45. The van der Waals surface area contributed by atoms with E-state index in [0.29, 0.717) is 33.1 Å². The van der Waals surface area contributed by atoms with Crippen LogP contribution in [0.2, 0.25) is 0 Å². The molecule has 0 bridgehead atoms. The van der Waals surface area contributed by atoms with E-state index in [1.165, 1.54) is 49.2 Å². The first-order chi connectivity index (χ1) is 20.6. The lowest BCUT2D eigenvalue weighted by molar-refractivity contribution is -0.114. The lowest BCUT2D eigenvalue weighted by atomic mass is 10.1. The zero-order valence-corrected chi connectivity index (χ0v) is 24.6. The minimum Gasteiger partial charge on any atom is -0.496 e. The number of carbonyl (C=O) groups excluding carboxylic acids is 3. The Morgan fingerprint density at radius 3 is 2.23 bits per heavy atom. The Labute approximate surface area is 253 Å². The molecule has 5 N–H and O–H groups in total. The molecule has 0 radical (unpaired) electrons. The van der Waals surface area contributed by atoms with Crippen LogP contribution in [-0.2, 0) is 19.6 Å². The first kappa shape index (κ1) is 31.0. The number of anilines is 2. The number of methoxy groups -OCH3 is 1. The number of hydrogen-bond acceptors (Lipinski definition) is 7. The van der Waals surface area contributed by atoms with Crippen LogP contribution in [0.5, 0.6) is 5.75 Å². The van der Waals surface area contributed by atoms with Gasteiger partial charge in [0.15, 0.2) is 0 Å². The number of nitrogens with two attached hydrogens (primary N) is 1. The van der Waals surface area contributed by atoms with Crippen molar-refractivity contribution in [3.05, 3.63) is 120 Å². The van der Waals surface area contributed by atoms with Gasteiger partial charge in [0.25, 0.3) is 11.8 Å². The van der Waals surface area contributed by atoms with Gasteiger partial charge in [-0.15, -0.1) is 11.8 Å². The fourth-order valence-electron chi connectivity index (χ4n) is 3.82. The van der Waals surface area contributed by atoms with Crippen LogP contribution in [0, 0.1) is 0 Å². The van der Waals surface area contributed by atoms with Crippen LogP contribution in [0.1, 0.15) is 15.9 Å². The molecule has 220 valence electrons. The average molecular weight is 617 g/mol. The van der Waals surface area contributed by atoms with Crippen LogP contribution in [0.4, 0.5) is 11.4 Å². The summed E-state index contributed by atoms with van der Waals surface area (Å²) in [5.74, 6) is -0.739. The van der Waals surface area contributed by atoms with Gasteiger partial charge in [-0.1, -0.05) is 42.5 Å². The van der Waals surface area contributed by atoms with Crippen molar-refractivity contribution in [3.63, 3.8) is 0 Å². The molecule has 3 amide bonds. The summed E-state index contributed by atoms with van der Waals surface area (Å²) in [6, 6.07) is 28.1. The van der Waals surface area contributed by atoms with Crippen LogP contribution in [0.25, 0.3) is 6.08 Å². The van der Waals surface area contributed by atoms with Gasteiger partial charge in [0, 0.05) is 27.4 Å². The minimum absolute atomic E-state index is 0.00393. The molecule has 0 atom stereocenters. The molecular weight excluding hydrogens is 588 g/mol. The molecule has 0 unspecified atom stereocenters. The summed E-state index contributed by atoms with van der Waals surface area (Å²) in [7, 11) is -2.31. The molecular formula is C31H28N4O6S2. The van der Waals surface area contributed by atoms with E-state index in [-0.39, 0.29) is 22.3 Å². The van der Waals surface area contributed by atoms with Gasteiger partial charge in [0.05, 0.1) is 17.8 Å². The van der Waals surface area contributed by atoms with Crippen molar-refractivity contribution in [1.82, 2.24) is 5.32 Å². The molecule has 0 saturated carbocycles. The van der Waals surface area contributed by atoms with Gasteiger partial charge >= 0.3 is 0 Å². The average Bonchev–Trinajstić information content (AvgIpc) is 3.00. The van der Waals surface area contributed by atoms with Crippen molar-refractivity contribution in [3.8, 4) is 5.75 Å². The highest BCUT2D eigenvalue weighted by molar-refractivity contribution is 8.00. The van der Waals surface area contributed by atoms with Gasteiger partial charge in [-0.3, -0.25) is 14.4 Å². The van der Waals surface area contributed by atoms with Gasteiger partial charge in [0.1, 0.15) is 11.4 Å². The number of hydrogen-bond donors (Lipinski definition) is 4. The Morgan fingerprint density at radius 1 is 0.837 bits per heavy atom. The normalized spacial score (nSPS) is 11.3. The Kier molecular flexibility index (Phi) is 10.3. The third kappa shape index (κ3) is 9.04. The van der Waals surface area contributed by atoms with E-state index in [1.807, 2.05) is 0 Å². The molecule has 43 heavy (non-hydrogen) atoms. The third-order valence-corrected chi connectivity index (χ3v) is 7.82. The summed E-state index contributed by atoms with van der Waals surface area (Å²) in [6.45, 7) is 0. The lowest BCUT2D eigenvalue weighted by Gasteiger charge is -2.13. The predicted molar refractivity (Wildman–Crippen MR) is 167 cm³/mol. The second-order valence-corrected chi connectivity index (χ2v) is 11.6. The van der Waals surface area contributed by atoms with E-state index < -0.39 is 21.8 Å². The first-order valence-corrected chi connectivity index (χ1v) is 15.3. The second-order valence-electron chi connectivity index (χ2n) is 9.01. The highest BCUT2D eigenvalue weighted by Crippen LogP contribution is 2.24. The first-order valence-electron chi connectivity index (χ1n) is 12.8. The van der Waals surface area contributed by atoms with E-state index in [4.69, 9.17) is 9.88 Å². The minimum atomic E-state index is -3.83. The van der Waals surface area contributed by atoms with Crippen LogP contribution in [0.15, 0.2) is 119 Å². The Hall–Kier alpha value is -4.91. The maximum atomic E-state index is 13.4. The molecule has 4 aromatic carbocycles.